The van der Waals surface area contributed by atoms with E-state index in [9.17, 15) is 14.4 Å². The molecule has 0 radical (unpaired) electrons. The van der Waals surface area contributed by atoms with Crippen LogP contribution in [-0.2, 0) is 10.3 Å². The first-order valence-electron chi connectivity index (χ1n) is 11.1. The number of nitrogens with zero attached hydrogens (tertiary/aromatic N) is 4. The van der Waals surface area contributed by atoms with Crippen molar-refractivity contribution in [2.45, 2.75) is 18.9 Å². The van der Waals surface area contributed by atoms with Crippen LogP contribution in [0.15, 0.2) is 91.0 Å². The number of hydrogen-bond donors (Lipinski definition) is 2. The predicted octanol–water partition coefficient (Wildman–Crippen LogP) is 3.44. The third kappa shape index (κ3) is 3.82. The molecule has 9 nitrogen and oxygen atoms in total. The first-order valence-corrected chi connectivity index (χ1v) is 11.1. The number of amides is 4. The molecule has 4 amide bonds. The van der Waals surface area contributed by atoms with Crippen LogP contribution in [0.2, 0.25) is 0 Å². The van der Waals surface area contributed by atoms with Gasteiger partial charge in [-0.2, -0.15) is 5.01 Å². The van der Waals surface area contributed by atoms with Crippen molar-refractivity contribution >= 4 is 17.8 Å². The Morgan fingerprint density at radius 3 is 2.14 bits per heavy atom. The number of urea groups is 1. The Balaban J connectivity index is 1.47. The van der Waals surface area contributed by atoms with Crippen molar-refractivity contribution in [2.75, 3.05) is 0 Å². The highest BCUT2D eigenvalue weighted by atomic mass is 16.2. The Kier molecular flexibility index (Phi) is 5.58. The van der Waals surface area contributed by atoms with Crippen LogP contribution in [0.25, 0.3) is 17.1 Å². The molecule has 1 atom stereocenters. The minimum absolute atomic E-state index is 0.179. The summed E-state index contributed by atoms with van der Waals surface area (Å²) in [5.41, 5.74) is 3.23. The average Bonchev–Trinajstić information content (AvgIpc) is 3.46. The summed E-state index contributed by atoms with van der Waals surface area (Å²) in [6.45, 7) is 1.80. The number of para-hydroxylation sites is 1. The lowest BCUT2D eigenvalue weighted by Gasteiger charge is -2.25. The third-order valence-electron chi connectivity index (χ3n) is 5.94. The van der Waals surface area contributed by atoms with Crippen molar-refractivity contribution < 1.29 is 14.4 Å². The lowest BCUT2D eigenvalue weighted by atomic mass is 9.87. The number of rotatable bonds is 6. The summed E-state index contributed by atoms with van der Waals surface area (Å²) in [6, 6.07) is 26.8. The van der Waals surface area contributed by atoms with Crippen LogP contribution >= 0.6 is 0 Å². The Morgan fingerprint density at radius 2 is 1.51 bits per heavy atom. The molecule has 9 heteroatoms. The van der Waals surface area contributed by atoms with E-state index in [-0.39, 0.29) is 5.82 Å². The van der Waals surface area contributed by atoms with Crippen molar-refractivity contribution in [3.05, 3.63) is 102 Å². The lowest BCUT2D eigenvalue weighted by molar-refractivity contribution is -0.133. The van der Waals surface area contributed by atoms with Gasteiger partial charge in [-0.3, -0.25) is 9.59 Å². The molecule has 1 aromatic heterocycles. The Hall–Kier alpha value is -4.79. The van der Waals surface area contributed by atoms with E-state index in [4.69, 9.17) is 0 Å². The van der Waals surface area contributed by atoms with Gasteiger partial charge in [0.2, 0.25) is 5.82 Å². The van der Waals surface area contributed by atoms with Crippen LogP contribution in [0, 0.1) is 0 Å². The van der Waals surface area contributed by atoms with Crippen LogP contribution < -0.4 is 10.7 Å². The van der Waals surface area contributed by atoms with Crippen LogP contribution in [0.1, 0.15) is 29.5 Å². The molecule has 1 aliphatic heterocycles. The zero-order valence-corrected chi connectivity index (χ0v) is 18.9. The second-order valence-electron chi connectivity index (χ2n) is 8.01. The summed E-state index contributed by atoms with van der Waals surface area (Å²) in [4.78, 5) is 43.6. The van der Waals surface area contributed by atoms with Gasteiger partial charge in [0.25, 0.3) is 5.91 Å². The number of aromatic nitrogens is 3. The second-order valence-corrected chi connectivity index (χ2v) is 8.01. The summed E-state index contributed by atoms with van der Waals surface area (Å²) in [6.07, 6.45) is 0.312. The molecule has 0 saturated carbocycles. The SMILES string of the molecule is CC[C@]1(c2ccccc2)NC(=O)N(NC(=O)c2nc(-c3ccccc3)n(-c3ccccc3)n2)C1=O. The molecule has 0 unspecified atom stereocenters. The first kappa shape index (κ1) is 22.0. The smallest absolute Gasteiger partial charge is 0.318 e. The number of carbonyl (C=O) groups is 3. The monoisotopic (exact) mass is 466 g/mol. The fourth-order valence-electron chi connectivity index (χ4n) is 4.12. The standard InChI is InChI=1S/C26H22N6O3/c1-2-26(19-14-8-4-9-15-19)24(34)32(25(35)28-26)30-23(33)21-27-22(18-12-6-3-7-13-18)31(29-21)20-16-10-5-11-17-20/h3-17H,2H2,1H3,(H,28,35)(H,30,33)/t26-/m1/s1. The molecule has 5 rings (SSSR count). The van der Waals surface area contributed by atoms with E-state index >= 15 is 0 Å². The number of imide groups is 1. The van der Waals surface area contributed by atoms with Gasteiger partial charge in [0, 0.05) is 5.56 Å². The van der Waals surface area contributed by atoms with E-state index in [2.05, 4.69) is 20.8 Å². The van der Waals surface area contributed by atoms with Gasteiger partial charge in [-0.1, -0.05) is 85.8 Å². The van der Waals surface area contributed by atoms with Crippen LogP contribution in [0.3, 0.4) is 0 Å². The summed E-state index contributed by atoms with van der Waals surface area (Å²) < 4.78 is 1.55. The Labute approximate surface area is 201 Å². The number of benzene rings is 3. The highest BCUT2D eigenvalue weighted by Crippen LogP contribution is 2.31. The molecule has 4 aromatic rings. The Morgan fingerprint density at radius 1 is 0.914 bits per heavy atom. The highest BCUT2D eigenvalue weighted by molar-refractivity contribution is 6.09. The third-order valence-corrected chi connectivity index (χ3v) is 5.94. The summed E-state index contributed by atoms with van der Waals surface area (Å²) >= 11 is 0. The lowest BCUT2D eigenvalue weighted by Crippen LogP contribution is -2.48. The molecule has 0 aliphatic carbocycles. The van der Waals surface area contributed by atoms with Crippen LogP contribution in [-0.4, -0.2) is 37.6 Å². The number of hydrogen-bond acceptors (Lipinski definition) is 5. The minimum Gasteiger partial charge on any atom is -0.318 e. The van der Waals surface area contributed by atoms with Gasteiger partial charge >= 0.3 is 11.9 Å². The molecule has 3 aromatic carbocycles. The van der Waals surface area contributed by atoms with Crippen molar-refractivity contribution in [3.63, 3.8) is 0 Å². The van der Waals surface area contributed by atoms with Gasteiger partial charge in [-0.05, 0) is 24.1 Å². The molecule has 2 heterocycles. The molecular formula is C26H22N6O3. The van der Waals surface area contributed by atoms with Gasteiger partial charge in [-0.15, -0.1) is 5.10 Å². The maximum absolute atomic E-state index is 13.3. The van der Waals surface area contributed by atoms with E-state index in [0.717, 1.165) is 5.56 Å². The molecule has 1 saturated heterocycles. The van der Waals surface area contributed by atoms with Gasteiger partial charge in [-0.25, -0.2) is 19.9 Å². The molecular weight excluding hydrogens is 444 g/mol. The topological polar surface area (TPSA) is 109 Å². The fraction of sp³-hybridized carbons (Fsp3) is 0.115. The van der Waals surface area contributed by atoms with Crippen LogP contribution in [0.4, 0.5) is 4.79 Å². The maximum atomic E-state index is 13.3. The van der Waals surface area contributed by atoms with E-state index in [1.54, 1.807) is 35.9 Å². The highest BCUT2D eigenvalue weighted by Gasteiger charge is 2.52. The molecule has 2 N–H and O–H groups in total. The fourth-order valence-corrected chi connectivity index (χ4v) is 4.12. The minimum atomic E-state index is -1.27. The first-order chi connectivity index (χ1) is 17.0. The maximum Gasteiger partial charge on any atom is 0.344 e. The molecule has 0 spiro atoms. The number of carbonyl (C=O) groups excluding carboxylic acids is 3. The van der Waals surface area contributed by atoms with Gasteiger partial charge in [0.15, 0.2) is 5.82 Å². The van der Waals surface area contributed by atoms with E-state index in [1.807, 2.05) is 66.7 Å². The number of nitrogens with one attached hydrogen (secondary N) is 2. The van der Waals surface area contributed by atoms with E-state index in [1.165, 1.54) is 0 Å². The quantitative estimate of drug-likeness (QED) is 0.423. The van der Waals surface area contributed by atoms with E-state index in [0.29, 0.717) is 28.5 Å². The Bertz CT molecular complexity index is 1330. The largest absolute Gasteiger partial charge is 0.344 e. The predicted molar refractivity (Wildman–Crippen MR) is 128 cm³/mol. The molecule has 35 heavy (non-hydrogen) atoms. The molecule has 174 valence electrons. The second kappa shape index (κ2) is 8.86. The van der Waals surface area contributed by atoms with Crippen molar-refractivity contribution in [1.82, 2.24) is 30.5 Å². The van der Waals surface area contributed by atoms with Crippen molar-refractivity contribution in [3.8, 4) is 17.1 Å². The van der Waals surface area contributed by atoms with Gasteiger partial charge in [0.05, 0.1) is 5.69 Å². The van der Waals surface area contributed by atoms with Crippen molar-refractivity contribution in [1.29, 1.82) is 0 Å². The molecule has 1 fully saturated rings. The molecule has 1 aliphatic rings. The zero-order chi connectivity index (χ0) is 24.4. The van der Waals surface area contributed by atoms with Gasteiger partial charge < -0.3 is 5.32 Å². The summed E-state index contributed by atoms with van der Waals surface area (Å²) in [5, 5.41) is 7.82. The number of hydrazine groups is 1. The average molecular weight is 467 g/mol. The summed E-state index contributed by atoms with van der Waals surface area (Å²) in [5.74, 6) is -1.08. The van der Waals surface area contributed by atoms with Gasteiger partial charge in [0.1, 0.15) is 5.54 Å². The zero-order valence-electron chi connectivity index (χ0n) is 18.9. The summed E-state index contributed by atoms with van der Waals surface area (Å²) in [7, 11) is 0. The van der Waals surface area contributed by atoms with Crippen molar-refractivity contribution in [2.24, 2.45) is 0 Å². The van der Waals surface area contributed by atoms with Crippen LogP contribution in [0.5, 0.6) is 0 Å². The molecule has 0 bridgehead atoms. The van der Waals surface area contributed by atoms with E-state index < -0.39 is 23.4 Å². The normalized spacial score (nSPS) is 17.3.